The standard InChI is InChI=1S/C26H13N3/c27-13-18-11-23-24(12-19(18)14-28)29-15-17-6-2-4-8-21(17)26(29)22-10-9-16-5-1-3-7-20(16)25(22)23/h1-12,15H. The summed E-state index contributed by atoms with van der Waals surface area (Å²) in [6, 6.07) is 29.1. The number of benzene rings is 4. The van der Waals surface area contributed by atoms with E-state index in [0.717, 1.165) is 43.4 Å². The predicted molar refractivity (Wildman–Crippen MR) is 117 cm³/mol. The number of pyridine rings is 1. The summed E-state index contributed by atoms with van der Waals surface area (Å²) in [6.45, 7) is 0. The lowest BCUT2D eigenvalue weighted by atomic mass is 9.95. The maximum Gasteiger partial charge on any atom is 0.101 e. The molecule has 6 rings (SSSR count). The Bertz CT molecular complexity index is 1720. The summed E-state index contributed by atoms with van der Waals surface area (Å²) in [5.74, 6) is 0. The van der Waals surface area contributed by atoms with E-state index in [-0.39, 0.29) is 0 Å². The molecule has 0 unspecified atom stereocenters. The van der Waals surface area contributed by atoms with Crippen LogP contribution >= 0.6 is 0 Å². The van der Waals surface area contributed by atoms with Gasteiger partial charge in [-0.2, -0.15) is 10.5 Å². The number of rotatable bonds is 0. The molecule has 0 spiro atoms. The maximum atomic E-state index is 9.61. The van der Waals surface area contributed by atoms with Gasteiger partial charge in [0.2, 0.25) is 0 Å². The van der Waals surface area contributed by atoms with Gasteiger partial charge in [-0.25, -0.2) is 0 Å². The molecule has 0 N–H and O–H groups in total. The van der Waals surface area contributed by atoms with Gasteiger partial charge in [0.05, 0.1) is 22.2 Å². The third-order valence-corrected chi connectivity index (χ3v) is 5.81. The Kier molecular flexibility index (Phi) is 3.02. The van der Waals surface area contributed by atoms with Gasteiger partial charge in [-0.3, -0.25) is 0 Å². The largest absolute Gasteiger partial charge is 0.315 e. The minimum absolute atomic E-state index is 0.402. The molecule has 0 bridgehead atoms. The molecule has 3 nitrogen and oxygen atoms in total. The van der Waals surface area contributed by atoms with Crippen LogP contribution < -0.4 is 0 Å². The molecule has 6 aromatic rings. The van der Waals surface area contributed by atoms with Crippen molar-refractivity contribution in [1.82, 2.24) is 4.40 Å². The van der Waals surface area contributed by atoms with Gasteiger partial charge >= 0.3 is 0 Å². The first-order chi connectivity index (χ1) is 14.3. The van der Waals surface area contributed by atoms with E-state index in [4.69, 9.17) is 0 Å². The fourth-order valence-corrected chi connectivity index (χ4v) is 4.56. The third-order valence-electron chi connectivity index (χ3n) is 5.81. The number of hydrogen-bond acceptors (Lipinski definition) is 2. The Labute approximate surface area is 166 Å². The normalized spacial score (nSPS) is 11.4. The minimum Gasteiger partial charge on any atom is -0.315 e. The van der Waals surface area contributed by atoms with E-state index >= 15 is 0 Å². The Morgan fingerprint density at radius 3 is 2.10 bits per heavy atom. The fraction of sp³-hybridized carbons (Fsp3) is 0. The fourth-order valence-electron chi connectivity index (χ4n) is 4.56. The molecular formula is C26H13N3. The second-order valence-corrected chi connectivity index (χ2v) is 7.28. The first kappa shape index (κ1) is 15.7. The van der Waals surface area contributed by atoms with Gasteiger partial charge in [0.25, 0.3) is 0 Å². The molecule has 0 atom stereocenters. The van der Waals surface area contributed by atoms with E-state index in [1.165, 1.54) is 5.39 Å². The van der Waals surface area contributed by atoms with Crippen LogP contribution in [0.25, 0.3) is 48.7 Å². The van der Waals surface area contributed by atoms with Crippen molar-refractivity contribution >= 4 is 48.7 Å². The van der Waals surface area contributed by atoms with Crippen molar-refractivity contribution in [2.75, 3.05) is 0 Å². The van der Waals surface area contributed by atoms with Gasteiger partial charge in [0.1, 0.15) is 12.1 Å². The summed E-state index contributed by atoms with van der Waals surface area (Å²) >= 11 is 0. The maximum absolute atomic E-state index is 9.61. The average Bonchev–Trinajstić information content (AvgIpc) is 3.17. The number of hydrogen-bond donors (Lipinski definition) is 0. The highest BCUT2D eigenvalue weighted by Crippen LogP contribution is 2.39. The molecular weight excluding hydrogens is 354 g/mol. The number of nitriles is 2. The highest BCUT2D eigenvalue weighted by atomic mass is 14.9. The zero-order valence-electron chi connectivity index (χ0n) is 15.3. The smallest absolute Gasteiger partial charge is 0.101 e. The van der Waals surface area contributed by atoms with Crippen LogP contribution in [0.1, 0.15) is 11.1 Å². The molecule has 0 radical (unpaired) electrons. The molecule has 0 aliphatic rings. The monoisotopic (exact) mass is 367 g/mol. The molecule has 0 saturated carbocycles. The number of fused-ring (bicyclic) bond motifs is 10. The van der Waals surface area contributed by atoms with Crippen LogP contribution in [0.15, 0.2) is 79.0 Å². The lowest BCUT2D eigenvalue weighted by Crippen LogP contribution is -1.94. The summed E-state index contributed by atoms with van der Waals surface area (Å²) < 4.78 is 2.17. The molecule has 4 aromatic carbocycles. The van der Waals surface area contributed by atoms with Crippen LogP contribution in [0.3, 0.4) is 0 Å². The molecule has 132 valence electrons. The van der Waals surface area contributed by atoms with Crippen molar-refractivity contribution < 1.29 is 0 Å². The van der Waals surface area contributed by atoms with E-state index < -0.39 is 0 Å². The quantitative estimate of drug-likeness (QED) is 0.296. The van der Waals surface area contributed by atoms with Crippen molar-refractivity contribution in [3.8, 4) is 12.1 Å². The van der Waals surface area contributed by atoms with E-state index in [0.29, 0.717) is 11.1 Å². The van der Waals surface area contributed by atoms with Crippen molar-refractivity contribution in [2.45, 2.75) is 0 Å². The lowest BCUT2D eigenvalue weighted by molar-refractivity contribution is 1.29. The molecule has 2 aromatic heterocycles. The molecule has 29 heavy (non-hydrogen) atoms. The molecule has 0 aliphatic heterocycles. The Hall–Kier alpha value is -4.34. The van der Waals surface area contributed by atoms with Crippen molar-refractivity contribution in [3.63, 3.8) is 0 Å². The first-order valence-corrected chi connectivity index (χ1v) is 9.41. The number of nitrogens with zero attached hydrogens (tertiary/aromatic N) is 3. The van der Waals surface area contributed by atoms with Crippen LogP contribution in [0, 0.1) is 22.7 Å². The summed E-state index contributed by atoms with van der Waals surface area (Å²) in [7, 11) is 0. The highest BCUT2D eigenvalue weighted by molar-refractivity contribution is 6.27. The molecule has 0 saturated heterocycles. The van der Waals surface area contributed by atoms with Crippen LogP contribution in [-0.4, -0.2) is 4.40 Å². The second-order valence-electron chi connectivity index (χ2n) is 7.28. The van der Waals surface area contributed by atoms with Gasteiger partial charge in [0.15, 0.2) is 0 Å². The van der Waals surface area contributed by atoms with E-state index in [9.17, 15) is 10.5 Å². The minimum atomic E-state index is 0.402. The topological polar surface area (TPSA) is 52.0 Å². The Morgan fingerprint density at radius 1 is 0.621 bits per heavy atom. The zero-order valence-corrected chi connectivity index (χ0v) is 15.3. The van der Waals surface area contributed by atoms with Crippen LogP contribution in [0.5, 0.6) is 0 Å². The number of aromatic nitrogens is 1. The average molecular weight is 367 g/mol. The van der Waals surface area contributed by atoms with Gasteiger partial charge in [-0.1, -0.05) is 60.7 Å². The SMILES string of the molecule is N#Cc1cc2c3c4ccccc4ccc3c3c4ccccc4cn3c2cc1C#N. The Balaban J connectivity index is 2.04. The second kappa shape index (κ2) is 5.58. The zero-order chi connectivity index (χ0) is 19.5. The molecule has 0 amide bonds. The van der Waals surface area contributed by atoms with E-state index in [1.54, 1.807) is 0 Å². The van der Waals surface area contributed by atoms with Crippen molar-refractivity contribution in [1.29, 1.82) is 10.5 Å². The molecule has 0 fully saturated rings. The van der Waals surface area contributed by atoms with Gasteiger partial charge in [0, 0.05) is 33.1 Å². The van der Waals surface area contributed by atoms with Crippen molar-refractivity contribution in [2.24, 2.45) is 0 Å². The molecule has 0 aliphatic carbocycles. The summed E-state index contributed by atoms with van der Waals surface area (Å²) in [4.78, 5) is 0. The Morgan fingerprint density at radius 2 is 1.31 bits per heavy atom. The van der Waals surface area contributed by atoms with Crippen molar-refractivity contribution in [3.05, 3.63) is 90.1 Å². The van der Waals surface area contributed by atoms with Gasteiger partial charge in [-0.15, -0.1) is 0 Å². The van der Waals surface area contributed by atoms with Gasteiger partial charge < -0.3 is 4.40 Å². The van der Waals surface area contributed by atoms with Crippen LogP contribution in [0.2, 0.25) is 0 Å². The lowest BCUT2D eigenvalue weighted by Gasteiger charge is -2.13. The van der Waals surface area contributed by atoms with Crippen LogP contribution in [-0.2, 0) is 0 Å². The molecule has 2 heterocycles. The van der Waals surface area contributed by atoms with E-state index in [2.05, 4.69) is 65.2 Å². The van der Waals surface area contributed by atoms with E-state index in [1.807, 2.05) is 30.3 Å². The summed E-state index contributed by atoms with van der Waals surface area (Å²) in [5, 5.41) is 27.1. The van der Waals surface area contributed by atoms with Gasteiger partial charge in [-0.05, 0) is 22.9 Å². The summed E-state index contributed by atoms with van der Waals surface area (Å²) in [5.41, 5.74) is 2.88. The first-order valence-electron chi connectivity index (χ1n) is 9.41. The third kappa shape index (κ3) is 1.99. The summed E-state index contributed by atoms with van der Waals surface area (Å²) in [6.07, 6.45) is 2.12. The van der Waals surface area contributed by atoms with Crippen LogP contribution in [0.4, 0.5) is 0 Å². The highest BCUT2D eigenvalue weighted by Gasteiger charge is 2.16. The predicted octanol–water partition coefficient (Wildman–Crippen LogP) is 6.30. The molecule has 3 heteroatoms.